The SMILES string of the molecule is CC(=O)N1CC(NNC(=O)c2cc(C(=O)NCc3ccc4c(c3)NC(=O)CO4)nc3c(F)cnn23)C1. The van der Waals surface area contributed by atoms with Crippen molar-refractivity contribution in [2.24, 2.45) is 0 Å². The number of hydrogen-bond acceptors (Lipinski definition) is 8. The Kier molecular flexibility index (Phi) is 5.93. The van der Waals surface area contributed by atoms with Gasteiger partial charge < -0.3 is 20.3 Å². The van der Waals surface area contributed by atoms with Gasteiger partial charge in [-0.2, -0.15) is 5.10 Å². The summed E-state index contributed by atoms with van der Waals surface area (Å²) in [5, 5.41) is 9.19. The molecule has 4 amide bonds. The number of hydrazine groups is 1. The number of nitrogens with zero attached hydrogens (tertiary/aromatic N) is 4. The van der Waals surface area contributed by atoms with Crippen molar-refractivity contribution >= 4 is 35.0 Å². The van der Waals surface area contributed by atoms with E-state index in [4.69, 9.17) is 4.74 Å². The summed E-state index contributed by atoms with van der Waals surface area (Å²) in [6.07, 6.45) is 0.897. The molecule has 1 saturated heterocycles. The third kappa shape index (κ3) is 4.53. The molecule has 3 aromatic rings. The molecule has 0 unspecified atom stereocenters. The van der Waals surface area contributed by atoms with E-state index in [1.165, 1.54) is 13.0 Å². The highest BCUT2D eigenvalue weighted by Crippen LogP contribution is 2.28. The summed E-state index contributed by atoms with van der Waals surface area (Å²) in [7, 11) is 0. The minimum atomic E-state index is -0.798. The molecule has 2 aromatic heterocycles. The highest BCUT2D eigenvalue weighted by molar-refractivity contribution is 5.98. The molecule has 1 fully saturated rings. The van der Waals surface area contributed by atoms with E-state index < -0.39 is 17.6 Å². The quantitative estimate of drug-likeness (QED) is 0.336. The van der Waals surface area contributed by atoms with Gasteiger partial charge in [-0.15, -0.1) is 0 Å². The molecule has 0 spiro atoms. The van der Waals surface area contributed by atoms with Crippen molar-refractivity contribution in [2.75, 3.05) is 25.0 Å². The van der Waals surface area contributed by atoms with E-state index in [9.17, 15) is 23.6 Å². The molecule has 2 aliphatic rings. The predicted octanol–water partition coefficient (Wildman–Crippen LogP) is -0.406. The fraction of sp³-hybridized carbons (Fsp3) is 0.273. The van der Waals surface area contributed by atoms with E-state index in [-0.39, 0.29) is 48.0 Å². The smallest absolute Gasteiger partial charge is 0.284 e. The molecule has 0 atom stereocenters. The molecular formula is C22H21FN8O5. The Balaban J connectivity index is 1.29. The molecule has 14 heteroatoms. The van der Waals surface area contributed by atoms with Gasteiger partial charge in [-0.05, 0) is 17.7 Å². The Labute approximate surface area is 203 Å². The van der Waals surface area contributed by atoms with Crippen LogP contribution in [0.5, 0.6) is 5.75 Å². The zero-order valence-electron chi connectivity index (χ0n) is 19.0. The molecule has 0 saturated carbocycles. The summed E-state index contributed by atoms with van der Waals surface area (Å²) in [4.78, 5) is 54.1. The van der Waals surface area contributed by atoms with Gasteiger partial charge in [0, 0.05) is 32.6 Å². The van der Waals surface area contributed by atoms with Crippen molar-refractivity contribution in [2.45, 2.75) is 19.5 Å². The first kappa shape index (κ1) is 23.2. The van der Waals surface area contributed by atoms with Crippen molar-refractivity contribution < 1.29 is 28.3 Å². The van der Waals surface area contributed by atoms with Gasteiger partial charge in [0.05, 0.1) is 17.9 Å². The van der Waals surface area contributed by atoms with E-state index >= 15 is 0 Å². The van der Waals surface area contributed by atoms with Gasteiger partial charge in [-0.25, -0.2) is 19.3 Å². The molecule has 13 nitrogen and oxygen atoms in total. The van der Waals surface area contributed by atoms with Crippen LogP contribution in [0.4, 0.5) is 10.1 Å². The molecule has 0 radical (unpaired) electrons. The molecule has 0 aliphatic carbocycles. The van der Waals surface area contributed by atoms with E-state index in [0.29, 0.717) is 30.1 Å². The number of amides is 4. The lowest BCUT2D eigenvalue weighted by Gasteiger charge is -2.38. The second-order valence-corrected chi connectivity index (χ2v) is 8.32. The Morgan fingerprint density at radius 1 is 1.22 bits per heavy atom. The van der Waals surface area contributed by atoms with Gasteiger partial charge in [-0.3, -0.25) is 24.6 Å². The molecule has 186 valence electrons. The standard InChI is InChI=1S/C22H21FN8O5/c1-11(32)30-8-13(9-30)28-29-22(35)17-5-16(27-20-14(23)7-25-31(17)20)21(34)24-6-12-2-3-18-15(4-12)26-19(33)10-36-18/h2-5,7,13,28H,6,8-10H2,1H3,(H,24,34)(H,26,33)(H,29,35). The minimum Gasteiger partial charge on any atom is -0.482 e. The van der Waals surface area contributed by atoms with Crippen molar-refractivity contribution in [3.8, 4) is 5.75 Å². The monoisotopic (exact) mass is 496 g/mol. The van der Waals surface area contributed by atoms with Crippen molar-refractivity contribution in [1.29, 1.82) is 0 Å². The normalized spacial score (nSPS) is 14.9. The van der Waals surface area contributed by atoms with Crippen LogP contribution in [0.25, 0.3) is 5.65 Å². The highest BCUT2D eigenvalue weighted by Gasteiger charge is 2.29. The Hall–Kier alpha value is -4.59. The number of carbonyl (C=O) groups is 4. The van der Waals surface area contributed by atoms with Crippen molar-refractivity contribution in [1.82, 2.24) is 35.7 Å². The first-order valence-electron chi connectivity index (χ1n) is 11.0. The third-order valence-corrected chi connectivity index (χ3v) is 5.74. The molecule has 2 aliphatic heterocycles. The van der Waals surface area contributed by atoms with Crippen LogP contribution < -0.4 is 26.2 Å². The van der Waals surface area contributed by atoms with Gasteiger partial charge in [0.15, 0.2) is 18.1 Å². The summed E-state index contributed by atoms with van der Waals surface area (Å²) < 4.78 is 20.6. The fourth-order valence-electron chi connectivity index (χ4n) is 3.79. The molecule has 4 heterocycles. The minimum absolute atomic E-state index is 0.0636. The number of carbonyl (C=O) groups excluding carboxylic acids is 4. The average molecular weight is 496 g/mol. The van der Waals surface area contributed by atoms with Gasteiger partial charge in [-0.1, -0.05) is 6.07 Å². The number of fused-ring (bicyclic) bond motifs is 2. The summed E-state index contributed by atoms with van der Waals surface area (Å²) in [6, 6.07) is 6.13. The largest absolute Gasteiger partial charge is 0.482 e. The second kappa shape index (κ2) is 9.22. The van der Waals surface area contributed by atoms with Crippen molar-refractivity contribution in [3.05, 3.63) is 53.2 Å². The maximum Gasteiger partial charge on any atom is 0.284 e. The molecule has 36 heavy (non-hydrogen) atoms. The summed E-state index contributed by atoms with van der Waals surface area (Å²) in [6.45, 7) is 2.34. The van der Waals surface area contributed by atoms with Gasteiger partial charge in [0.25, 0.3) is 17.7 Å². The number of hydrogen-bond donors (Lipinski definition) is 4. The van der Waals surface area contributed by atoms with Gasteiger partial charge in [0.2, 0.25) is 5.91 Å². The van der Waals surface area contributed by atoms with Crippen LogP contribution in [0.1, 0.15) is 33.5 Å². The first-order chi connectivity index (χ1) is 17.3. The number of anilines is 1. The number of rotatable bonds is 6. The van der Waals surface area contributed by atoms with Gasteiger partial charge in [0.1, 0.15) is 17.1 Å². The number of halogens is 1. The van der Waals surface area contributed by atoms with Crippen LogP contribution in [-0.4, -0.2) is 68.9 Å². The zero-order valence-corrected chi connectivity index (χ0v) is 19.0. The summed E-state index contributed by atoms with van der Waals surface area (Å²) in [5.41, 5.74) is 5.89. The maximum atomic E-state index is 14.3. The number of ether oxygens (including phenoxy) is 1. The predicted molar refractivity (Wildman–Crippen MR) is 121 cm³/mol. The van der Waals surface area contributed by atoms with Crippen molar-refractivity contribution in [3.63, 3.8) is 0 Å². The lowest BCUT2D eigenvalue weighted by atomic mass is 10.1. The Bertz CT molecular complexity index is 1400. The molecule has 4 N–H and O–H groups in total. The fourth-order valence-corrected chi connectivity index (χ4v) is 3.79. The molecule has 5 rings (SSSR count). The molecule has 0 bridgehead atoms. The Morgan fingerprint density at radius 2 is 2.03 bits per heavy atom. The second-order valence-electron chi connectivity index (χ2n) is 8.32. The van der Waals surface area contributed by atoms with E-state index in [1.54, 1.807) is 23.1 Å². The van der Waals surface area contributed by atoms with E-state index in [2.05, 4.69) is 31.6 Å². The van der Waals surface area contributed by atoms with Crippen LogP contribution in [0.3, 0.4) is 0 Å². The van der Waals surface area contributed by atoms with Crippen LogP contribution in [0.15, 0.2) is 30.5 Å². The van der Waals surface area contributed by atoms with Crippen LogP contribution in [0.2, 0.25) is 0 Å². The number of benzene rings is 1. The van der Waals surface area contributed by atoms with Crippen LogP contribution in [-0.2, 0) is 16.1 Å². The van der Waals surface area contributed by atoms with Crippen LogP contribution in [0, 0.1) is 5.82 Å². The summed E-state index contributed by atoms with van der Waals surface area (Å²) >= 11 is 0. The molecular weight excluding hydrogens is 475 g/mol. The maximum absolute atomic E-state index is 14.3. The van der Waals surface area contributed by atoms with E-state index in [0.717, 1.165) is 10.7 Å². The molecule has 1 aromatic carbocycles. The van der Waals surface area contributed by atoms with E-state index in [1.807, 2.05) is 0 Å². The Morgan fingerprint density at radius 3 is 2.81 bits per heavy atom. The first-order valence-corrected chi connectivity index (χ1v) is 11.0. The topological polar surface area (TPSA) is 159 Å². The highest BCUT2D eigenvalue weighted by atomic mass is 19.1. The number of nitrogens with one attached hydrogen (secondary N) is 4. The summed E-state index contributed by atoms with van der Waals surface area (Å²) in [5.74, 6) is -1.93. The third-order valence-electron chi connectivity index (χ3n) is 5.74. The average Bonchev–Trinajstić information content (AvgIpc) is 3.20. The number of aromatic nitrogens is 3. The lowest BCUT2D eigenvalue weighted by molar-refractivity contribution is -0.133. The zero-order chi connectivity index (χ0) is 25.4. The lowest BCUT2D eigenvalue weighted by Crippen LogP contribution is -2.63. The van der Waals surface area contributed by atoms with Gasteiger partial charge >= 0.3 is 0 Å². The number of likely N-dealkylation sites (tertiary alicyclic amines) is 1. The van der Waals surface area contributed by atoms with Crippen LogP contribution >= 0.6 is 0 Å².